The van der Waals surface area contributed by atoms with Crippen LogP contribution in [0.1, 0.15) is 34.2 Å². The summed E-state index contributed by atoms with van der Waals surface area (Å²) in [4.78, 5) is 25.0. The van der Waals surface area contributed by atoms with Crippen LogP contribution in [-0.4, -0.2) is 25.0 Å². The van der Waals surface area contributed by atoms with Crippen LogP contribution < -0.4 is 15.4 Å². The van der Waals surface area contributed by atoms with Gasteiger partial charge in [-0.05, 0) is 59.5 Å². The summed E-state index contributed by atoms with van der Waals surface area (Å²) in [6.45, 7) is 8.15. The van der Waals surface area contributed by atoms with Gasteiger partial charge in [-0.2, -0.15) is 0 Å². The van der Waals surface area contributed by atoms with Gasteiger partial charge in [0.15, 0.2) is 0 Å². The van der Waals surface area contributed by atoms with Crippen molar-refractivity contribution in [3.63, 3.8) is 0 Å². The lowest BCUT2D eigenvalue weighted by Gasteiger charge is -2.22. The smallest absolute Gasteiger partial charge is 0.243 e. The lowest BCUT2D eigenvalue weighted by molar-refractivity contribution is -0.124. The van der Waals surface area contributed by atoms with E-state index in [1.807, 2.05) is 68.4 Å². The first-order chi connectivity index (χ1) is 15.0. The second-order valence-electron chi connectivity index (χ2n) is 7.95. The number of hydrogen-bond donors (Lipinski definition) is 2. The highest BCUT2D eigenvalue weighted by atomic mass is 16.5. The van der Waals surface area contributed by atoms with Gasteiger partial charge >= 0.3 is 0 Å². The fourth-order valence-electron chi connectivity index (χ4n) is 3.91. The van der Waals surface area contributed by atoms with Crippen molar-refractivity contribution in [1.82, 2.24) is 10.6 Å². The first-order valence-corrected chi connectivity index (χ1v) is 10.4. The Morgan fingerprint density at radius 1 is 1.10 bits per heavy atom. The van der Waals surface area contributed by atoms with Crippen molar-refractivity contribution in [2.24, 2.45) is 0 Å². The normalized spacial score (nSPS) is 15.6. The number of fused-ring (bicyclic) bond motifs is 2. The number of ether oxygens (including phenoxy) is 1. The van der Waals surface area contributed by atoms with Crippen LogP contribution in [-0.2, 0) is 9.59 Å². The Labute approximate surface area is 182 Å². The quantitative estimate of drug-likeness (QED) is 0.597. The maximum Gasteiger partial charge on any atom is 0.243 e. The molecule has 4 rings (SSSR count). The highest BCUT2D eigenvalue weighted by Crippen LogP contribution is 2.36. The molecule has 1 aliphatic rings. The van der Waals surface area contributed by atoms with E-state index in [1.165, 1.54) is 6.08 Å². The van der Waals surface area contributed by atoms with E-state index in [9.17, 15) is 9.59 Å². The molecular formula is C26H26N2O3. The Morgan fingerprint density at radius 3 is 2.61 bits per heavy atom. The second kappa shape index (κ2) is 8.64. The van der Waals surface area contributed by atoms with Gasteiger partial charge in [-0.1, -0.05) is 49.0 Å². The molecule has 0 aliphatic carbocycles. The van der Waals surface area contributed by atoms with E-state index in [0.717, 1.165) is 38.8 Å². The summed E-state index contributed by atoms with van der Waals surface area (Å²) in [7, 11) is 0. The van der Waals surface area contributed by atoms with Crippen molar-refractivity contribution < 1.29 is 14.3 Å². The van der Waals surface area contributed by atoms with Gasteiger partial charge in [0.2, 0.25) is 11.8 Å². The van der Waals surface area contributed by atoms with Crippen LogP contribution in [0.3, 0.4) is 0 Å². The molecule has 0 saturated heterocycles. The molecule has 2 N–H and O–H groups in total. The molecule has 1 heterocycles. The molecule has 0 saturated carbocycles. The highest BCUT2D eigenvalue weighted by Gasteiger charge is 2.32. The van der Waals surface area contributed by atoms with Crippen LogP contribution in [0.25, 0.3) is 10.8 Å². The number of rotatable bonds is 6. The first-order valence-electron chi connectivity index (χ1n) is 10.4. The molecule has 158 valence electrons. The van der Waals surface area contributed by atoms with Crippen LogP contribution >= 0.6 is 0 Å². The summed E-state index contributed by atoms with van der Waals surface area (Å²) in [6.07, 6.45) is 1.23. The fraction of sp³-hybridized carbons (Fsp3) is 0.231. The average molecular weight is 415 g/mol. The summed E-state index contributed by atoms with van der Waals surface area (Å²) in [5, 5.41) is 8.13. The van der Waals surface area contributed by atoms with Crippen molar-refractivity contribution in [2.75, 3.05) is 13.2 Å². The van der Waals surface area contributed by atoms with Crippen molar-refractivity contribution in [3.8, 4) is 5.75 Å². The molecule has 2 atom stereocenters. The zero-order valence-electron chi connectivity index (χ0n) is 17.8. The number of amides is 2. The minimum Gasteiger partial charge on any atom is -0.492 e. The number of carbonyl (C=O) groups is 2. The third-order valence-corrected chi connectivity index (χ3v) is 5.88. The molecule has 0 fully saturated rings. The second-order valence-corrected chi connectivity index (χ2v) is 7.95. The van der Waals surface area contributed by atoms with Crippen LogP contribution in [0.15, 0.2) is 67.3 Å². The van der Waals surface area contributed by atoms with Gasteiger partial charge in [0.05, 0.1) is 6.04 Å². The van der Waals surface area contributed by atoms with Crippen molar-refractivity contribution in [1.29, 1.82) is 0 Å². The van der Waals surface area contributed by atoms with Gasteiger partial charge < -0.3 is 15.4 Å². The molecule has 1 aliphatic heterocycles. The van der Waals surface area contributed by atoms with Crippen molar-refractivity contribution >= 4 is 22.6 Å². The SMILES string of the molecule is C=CC(=O)NCC(NC(=O)C1COc2cc(C)c(C)cc21)c1ccc2ccccc2c1. The van der Waals surface area contributed by atoms with Crippen LogP contribution in [0, 0.1) is 13.8 Å². The standard InChI is InChI=1S/C26H26N2O3/c1-4-25(29)27-14-23(20-10-9-18-7-5-6-8-19(18)13-20)28-26(30)22-15-31-24-12-17(3)16(2)11-21(22)24/h4-13,22-23H,1,14-15H2,2-3H3,(H,27,29)(H,28,30). The Kier molecular flexibility index (Phi) is 5.76. The third kappa shape index (κ3) is 4.31. The fourth-order valence-corrected chi connectivity index (χ4v) is 3.91. The number of benzene rings is 3. The predicted octanol–water partition coefficient (Wildman–Crippen LogP) is 4.09. The molecular weight excluding hydrogens is 388 g/mol. The lowest BCUT2D eigenvalue weighted by atomic mass is 9.95. The summed E-state index contributed by atoms with van der Waals surface area (Å²) < 4.78 is 5.78. The van der Waals surface area contributed by atoms with E-state index in [0.29, 0.717) is 6.61 Å². The molecule has 0 radical (unpaired) electrons. The maximum atomic E-state index is 13.2. The van der Waals surface area contributed by atoms with Crippen LogP contribution in [0.5, 0.6) is 5.75 Å². The van der Waals surface area contributed by atoms with Gasteiger partial charge in [-0.15, -0.1) is 0 Å². The number of aryl methyl sites for hydroxylation is 2. The van der Waals surface area contributed by atoms with Crippen LogP contribution in [0.2, 0.25) is 0 Å². The van der Waals surface area contributed by atoms with Gasteiger partial charge in [0.25, 0.3) is 0 Å². The molecule has 3 aromatic rings. The van der Waals surface area contributed by atoms with E-state index < -0.39 is 0 Å². The van der Waals surface area contributed by atoms with Crippen molar-refractivity contribution in [2.45, 2.75) is 25.8 Å². The van der Waals surface area contributed by atoms with E-state index in [1.54, 1.807) is 0 Å². The van der Waals surface area contributed by atoms with Gasteiger partial charge in [-0.3, -0.25) is 9.59 Å². The minimum absolute atomic E-state index is 0.118. The molecule has 2 amide bonds. The number of hydrogen-bond acceptors (Lipinski definition) is 3. The predicted molar refractivity (Wildman–Crippen MR) is 122 cm³/mol. The minimum atomic E-state index is -0.382. The largest absolute Gasteiger partial charge is 0.492 e. The molecule has 0 spiro atoms. The summed E-state index contributed by atoms with van der Waals surface area (Å²) in [5.41, 5.74) is 4.11. The first kappa shape index (κ1) is 20.7. The molecule has 31 heavy (non-hydrogen) atoms. The average Bonchev–Trinajstić information content (AvgIpc) is 3.18. The Bertz CT molecular complexity index is 1170. The van der Waals surface area contributed by atoms with Gasteiger partial charge in [0.1, 0.15) is 18.3 Å². The van der Waals surface area contributed by atoms with Crippen LogP contribution in [0.4, 0.5) is 0 Å². The maximum absolute atomic E-state index is 13.2. The summed E-state index contributed by atoms with van der Waals surface area (Å²) in [5.74, 6) is -0.00785. The zero-order chi connectivity index (χ0) is 22.0. The topological polar surface area (TPSA) is 67.4 Å². The van der Waals surface area contributed by atoms with Gasteiger partial charge in [-0.25, -0.2) is 0 Å². The molecule has 3 aromatic carbocycles. The highest BCUT2D eigenvalue weighted by molar-refractivity contribution is 5.88. The third-order valence-electron chi connectivity index (χ3n) is 5.88. The van der Waals surface area contributed by atoms with E-state index in [-0.39, 0.29) is 30.3 Å². The Balaban J connectivity index is 1.60. The monoisotopic (exact) mass is 414 g/mol. The molecule has 0 aromatic heterocycles. The number of carbonyl (C=O) groups excluding carboxylic acids is 2. The lowest BCUT2D eigenvalue weighted by Crippen LogP contribution is -2.39. The number of nitrogens with one attached hydrogen (secondary N) is 2. The zero-order valence-corrected chi connectivity index (χ0v) is 17.8. The van der Waals surface area contributed by atoms with Crippen molar-refractivity contribution in [3.05, 3.63) is 89.5 Å². The van der Waals surface area contributed by atoms with E-state index in [4.69, 9.17) is 4.74 Å². The molecule has 5 nitrogen and oxygen atoms in total. The molecule has 2 unspecified atom stereocenters. The molecule has 5 heteroatoms. The Morgan fingerprint density at radius 2 is 1.84 bits per heavy atom. The Hall–Kier alpha value is -3.60. The summed E-state index contributed by atoms with van der Waals surface area (Å²) in [6, 6.07) is 17.8. The summed E-state index contributed by atoms with van der Waals surface area (Å²) >= 11 is 0. The van der Waals surface area contributed by atoms with Gasteiger partial charge in [0, 0.05) is 12.1 Å². The molecule has 0 bridgehead atoms. The van der Waals surface area contributed by atoms with E-state index >= 15 is 0 Å². The van der Waals surface area contributed by atoms with E-state index in [2.05, 4.69) is 17.2 Å².